The number of rotatable bonds is 9. The van der Waals surface area contributed by atoms with Gasteiger partial charge in [-0.1, -0.05) is 26.7 Å². The minimum Gasteiger partial charge on any atom is -0.480 e. The van der Waals surface area contributed by atoms with E-state index in [-0.39, 0.29) is 11.2 Å². The van der Waals surface area contributed by atoms with Crippen molar-refractivity contribution >= 4 is 29.3 Å². The zero-order valence-electron chi connectivity index (χ0n) is 14.2. The number of fused-ring (bicyclic) bond motifs is 1. The Morgan fingerprint density at radius 1 is 1.40 bits per heavy atom. The summed E-state index contributed by atoms with van der Waals surface area (Å²) in [6, 6.07) is 1.39. The second kappa shape index (κ2) is 8.70. The molecule has 2 aromatic heterocycles. The fraction of sp³-hybridized carbons (Fsp3) is 0.500. The van der Waals surface area contributed by atoms with Gasteiger partial charge in [0.05, 0.1) is 0 Å². The van der Waals surface area contributed by atoms with Crippen molar-refractivity contribution < 1.29 is 14.7 Å². The summed E-state index contributed by atoms with van der Waals surface area (Å²) in [5, 5.41) is 14.4. The maximum absolute atomic E-state index is 12.4. The highest BCUT2D eigenvalue weighted by molar-refractivity contribution is 7.99. The first kappa shape index (κ1) is 19.0. The van der Waals surface area contributed by atoms with E-state index >= 15 is 0 Å². The molecular weight excluding hydrogens is 344 g/mol. The number of nitrogens with one attached hydrogen (secondary N) is 2. The number of hydrogen-bond acceptors (Lipinski definition) is 5. The lowest BCUT2D eigenvalue weighted by atomic mass is 10.0. The standard InChI is InChI=1S/C16H22N4O4S/c1-3-10(4-2)5-6-25-12-7-11(21)14(15-18-9-19-20(12)15)16(24)17-8-13(22)23/h7,9-10H,3-6,8H2,1-2H3,(H,17,24)(H,18,19)(H,22,23). The Hall–Kier alpha value is -2.29. The summed E-state index contributed by atoms with van der Waals surface area (Å²) in [4.78, 5) is 39.1. The van der Waals surface area contributed by atoms with Crippen molar-refractivity contribution in [2.24, 2.45) is 5.92 Å². The van der Waals surface area contributed by atoms with Crippen LogP contribution < -0.4 is 10.7 Å². The number of aliphatic carboxylic acids is 1. The summed E-state index contributed by atoms with van der Waals surface area (Å²) in [6.07, 6.45) is 4.69. The summed E-state index contributed by atoms with van der Waals surface area (Å²) in [5.74, 6) is -0.411. The van der Waals surface area contributed by atoms with E-state index in [1.54, 1.807) is 4.52 Å². The van der Waals surface area contributed by atoms with E-state index in [0.29, 0.717) is 10.9 Å². The first-order chi connectivity index (χ1) is 12.0. The molecule has 0 saturated carbocycles. The molecule has 9 heteroatoms. The topological polar surface area (TPSA) is 117 Å². The van der Waals surface area contributed by atoms with Gasteiger partial charge in [-0.15, -0.1) is 11.8 Å². The number of aromatic amines is 1. The predicted molar refractivity (Wildman–Crippen MR) is 95.2 cm³/mol. The zero-order valence-corrected chi connectivity index (χ0v) is 15.1. The normalized spacial score (nSPS) is 11.2. The minimum absolute atomic E-state index is 0.160. The molecule has 0 aliphatic rings. The molecule has 8 nitrogen and oxygen atoms in total. The van der Waals surface area contributed by atoms with Gasteiger partial charge in [0.1, 0.15) is 23.5 Å². The van der Waals surface area contributed by atoms with Gasteiger partial charge in [-0.3, -0.25) is 19.5 Å². The molecule has 2 rings (SSSR count). The van der Waals surface area contributed by atoms with Gasteiger partial charge in [-0.25, -0.2) is 9.50 Å². The predicted octanol–water partition coefficient (Wildman–Crippen LogP) is 1.76. The van der Waals surface area contributed by atoms with E-state index in [1.807, 2.05) is 0 Å². The molecule has 136 valence electrons. The van der Waals surface area contributed by atoms with Crippen LogP contribution in [0.3, 0.4) is 0 Å². The number of nitrogens with zero attached hydrogens (tertiary/aromatic N) is 2. The Kier molecular flexibility index (Phi) is 6.63. The monoisotopic (exact) mass is 366 g/mol. The Morgan fingerprint density at radius 2 is 2.12 bits per heavy atom. The number of H-pyrrole nitrogens is 1. The molecule has 0 unspecified atom stereocenters. The molecule has 0 aliphatic carbocycles. The molecule has 2 aromatic rings. The smallest absolute Gasteiger partial charge is 0.322 e. The Bertz CT molecular complexity index is 810. The van der Waals surface area contributed by atoms with Crippen LogP contribution in [0.2, 0.25) is 0 Å². The highest BCUT2D eigenvalue weighted by Gasteiger charge is 2.19. The van der Waals surface area contributed by atoms with Crippen molar-refractivity contribution in [3.8, 4) is 0 Å². The van der Waals surface area contributed by atoms with E-state index in [2.05, 4.69) is 29.2 Å². The van der Waals surface area contributed by atoms with E-state index in [0.717, 1.165) is 25.0 Å². The summed E-state index contributed by atoms with van der Waals surface area (Å²) < 4.78 is 1.58. The second-order valence-corrected chi connectivity index (χ2v) is 6.78. The lowest BCUT2D eigenvalue weighted by Gasteiger charge is -2.12. The average molecular weight is 366 g/mol. The van der Waals surface area contributed by atoms with Gasteiger partial charge < -0.3 is 10.4 Å². The van der Waals surface area contributed by atoms with Crippen molar-refractivity contribution in [2.45, 2.75) is 38.1 Å². The van der Waals surface area contributed by atoms with Crippen molar-refractivity contribution in [1.29, 1.82) is 0 Å². The van der Waals surface area contributed by atoms with Crippen LogP contribution >= 0.6 is 11.8 Å². The molecule has 2 heterocycles. The van der Waals surface area contributed by atoms with Gasteiger partial charge in [0, 0.05) is 6.07 Å². The Labute approximate surface area is 149 Å². The Morgan fingerprint density at radius 3 is 2.76 bits per heavy atom. The third kappa shape index (κ3) is 4.62. The third-order valence-corrected chi connectivity index (χ3v) is 5.12. The third-order valence-electron chi connectivity index (χ3n) is 4.09. The van der Waals surface area contributed by atoms with E-state index in [9.17, 15) is 14.4 Å². The van der Waals surface area contributed by atoms with Crippen molar-refractivity contribution in [3.05, 3.63) is 28.2 Å². The number of carbonyl (C=O) groups excluding carboxylic acids is 1. The van der Waals surface area contributed by atoms with Crippen molar-refractivity contribution in [2.75, 3.05) is 12.3 Å². The van der Waals surface area contributed by atoms with Gasteiger partial charge in [0.25, 0.3) is 5.91 Å². The zero-order chi connectivity index (χ0) is 18.4. The molecule has 3 N–H and O–H groups in total. The number of thioether (sulfide) groups is 1. The fourth-order valence-corrected chi connectivity index (χ4v) is 3.68. The summed E-state index contributed by atoms with van der Waals surface area (Å²) >= 11 is 1.53. The van der Waals surface area contributed by atoms with Crippen LogP contribution in [0.1, 0.15) is 43.5 Å². The molecular formula is C16H22N4O4S. The van der Waals surface area contributed by atoms with E-state index in [4.69, 9.17) is 5.11 Å². The first-order valence-electron chi connectivity index (χ1n) is 8.19. The van der Waals surface area contributed by atoms with Crippen LogP contribution in [0.15, 0.2) is 22.2 Å². The van der Waals surface area contributed by atoms with Crippen LogP contribution in [0.5, 0.6) is 0 Å². The summed E-state index contributed by atoms with van der Waals surface area (Å²) in [5.41, 5.74) is -0.438. The number of aromatic nitrogens is 3. The maximum Gasteiger partial charge on any atom is 0.322 e. The van der Waals surface area contributed by atoms with Gasteiger partial charge >= 0.3 is 5.97 Å². The number of hydrogen-bond donors (Lipinski definition) is 3. The van der Waals surface area contributed by atoms with Crippen LogP contribution in [-0.2, 0) is 4.79 Å². The number of amides is 1. The molecule has 0 spiro atoms. The van der Waals surface area contributed by atoms with Crippen molar-refractivity contribution in [3.63, 3.8) is 0 Å². The molecule has 0 aromatic carbocycles. The SMILES string of the molecule is CCC(CC)CCSc1cc(=O)c(C(=O)NCC(=O)O)c2nc[nH]n12. The number of carboxylic acids is 1. The fourth-order valence-electron chi connectivity index (χ4n) is 2.56. The molecule has 0 saturated heterocycles. The molecule has 0 aliphatic heterocycles. The molecule has 0 fully saturated rings. The molecule has 25 heavy (non-hydrogen) atoms. The lowest BCUT2D eigenvalue weighted by Crippen LogP contribution is -2.33. The van der Waals surface area contributed by atoms with Crippen LogP contribution in [-0.4, -0.2) is 43.9 Å². The highest BCUT2D eigenvalue weighted by atomic mass is 32.2. The van der Waals surface area contributed by atoms with Gasteiger partial charge in [-0.2, -0.15) is 0 Å². The summed E-state index contributed by atoms with van der Waals surface area (Å²) in [6.45, 7) is 3.78. The van der Waals surface area contributed by atoms with Gasteiger partial charge in [0.2, 0.25) is 0 Å². The minimum atomic E-state index is -1.18. The van der Waals surface area contributed by atoms with Crippen molar-refractivity contribution in [1.82, 2.24) is 19.9 Å². The average Bonchev–Trinajstić information content (AvgIpc) is 3.06. The largest absolute Gasteiger partial charge is 0.480 e. The molecule has 1 amide bonds. The molecule has 0 bridgehead atoms. The lowest BCUT2D eigenvalue weighted by molar-refractivity contribution is -0.135. The quantitative estimate of drug-likeness (QED) is 0.582. The van der Waals surface area contributed by atoms with E-state index < -0.39 is 23.9 Å². The van der Waals surface area contributed by atoms with Crippen LogP contribution in [0.25, 0.3) is 5.65 Å². The van der Waals surface area contributed by atoms with Crippen LogP contribution in [0.4, 0.5) is 0 Å². The highest BCUT2D eigenvalue weighted by Crippen LogP contribution is 2.23. The molecule has 0 atom stereocenters. The first-order valence-corrected chi connectivity index (χ1v) is 9.18. The van der Waals surface area contributed by atoms with Gasteiger partial charge in [-0.05, 0) is 18.1 Å². The van der Waals surface area contributed by atoms with Gasteiger partial charge in [0.15, 0.2) is 11.1 Å². The Balaban J connectivity index is 2.23. The number of carbonyl (C=O) groups is 2. The number of carboxylic acid groups (broad SMARTS) is 1. The van der Waals surface area contributed by atoms with E-state index in [1.165, 1.54) is 24.2 Å². The second-order valence-electron chi connectivity index (χ2n) is 5.66. The molecule has 0 radical (unpaired) electrons. The number of pyridine rings is 1. The van der Waals surface area contributed by atoms with Crippen LogP contribution in [0, 0.1) is 5.92 Å². The maximum atomic E-state index is 12.4. The summed E-state index contributed by atoms with van der Waals surface area (Å²) in [7, 11) is 0.